The number of furan rings is 2. The summed E-state index contributed by atoms with van der Waals surface area (Å²) in [7, 11) is 0. The Bertz CT molecular complexity index is 5310. The molecule has 2 heterocycles. The zero-order valence-electron chi connectivity index (χ0n) is 43.4. The molecule has 0 N–H and O–H groups in total. The second kappa shape index (κ2) is 17.5. The molecule has 0 radical (unpaired) electrons. The van der Waals surface area contributed by atoms with E-state index in [0.717, 1.165) is 43.9 Å². The van der Waals surface area contributed by atoms with E-state index >= 15 is 0 Å². The van der Waals surface area contributed by atoms with Crippen molar-refractivity contribution in [3.8, 4) is 66.8 Å². The Morgan fingerprint density at radius 3 is 0.925 bits per heavy atom. The Morgan fingerprint density at radius 2 is 0.475 bits per heavy atom. The largest absolute Gasteiger partial charge is 0.456 e. The van der Waals surface area contributed by atoms with Crippen molar-refractivity contribution in [2.45, 2.75) is 0 Å². The molecular formula is C78H46O2. The molecule has 2 nitrogen and oxygen atoms in total. The predicted octanol–water partition coefficient (Wildman–Crippen LogP) is 22.4. The van der Waals surface area contributed by atoms with Crippen LogP contribution in [-0.4, -0.2) is 0 Å². The maximum Gasteiger partial charge on any atom is 0.135 e. The van der Waals surface area contributed by atoms with E-state index in [9.17, 15) is 0 Å². The third-order valence-electron chi connectivity index (χ3n) is 17.0. The molecular weight excluding hydrogens is 969 g/mol. The molecule has 17 aromatic rings. The SMILES string of the molecule is c1cc(-c2c3ccccc3c(-c3ccc(-c4ccc5oc6ccccc6c5c4)cc3)c3ccccc23)c2ccc(-c3ccc4c(-c5c6ccccc6c(-c6ccc7oc8ccccc8c7c6)c6ccccc56)cccc4c3)cc2c1. The van der Waals surface area contributed by atoms with Gasteiger partial charge >= 0.3 is 0 Å². The summed E-state index contributed by atoms with van der Waals surface area (Å²) >= 11 is 0. The van der Waals surface area contributed by atoms with Crippen molar-refractivity contribution < 1.29 is 8.83 Å². The van der Waals surface area contributed by atoms with Crippen LogP contribution >= 0.6 is 0 Å². The number of fused-ring (bicyclic) bond motifs is 12. The molecule has 2 aromatic heterocycles. The minimum Gasteiger partial charge on any atom is -0.456 e. The normalized spacial score (nSPS) is 12.0. The summed E-state index contributed by atoms with van der Waals surface area (Å²) in [6.45, 7) is 0. The molecule has 2 heteroatoms. The lowest BCUT2D eigenvalue weighted by Crippen LogP contribution is -1.92. The number of hydrogen-bond donors (Lipinski definition) is 0. The second-order valence-corrected chi connectivity index (χ2v) is 21.4. The predicted molar refractivity (Wildman–Crippen MR) is 339 cm³/mol. The van der Waals surface area contributed by atoms with Crippen LogP contribution in [0, 0.1) is 0 Å². The van der Waals surface area contributed by atoms with Crippen LogP contribution in [0.2, 0.25) is 0 Å². The van der Waals surface area contributed by atoms with Gasteiger partial charge in [0.05, 0.1) is 0 Å². The second-order valence-electron chi connectivity index (χ2n) is 21.4. The minimum atomic E-state index is 0.905. The van der Waals surface area contributed by atoms with E-state index < -0.39 is 0 Å². The topological polar surface area (TPSA) is 26.3 Å². The zero-order chi connectivity index (χ0) is 52.4. The van der Waals surface area contributed by atoms with Gasteiger partial charge in [0.25, 0.3) is 0 Å². The number of rotatable bonds is 6. The first kappa shape index (κ1) is 44.6. The minimum absolute atomic E-state index is 0.905. The molecule has 0 bridgehead atoms. The third-order valence-corrected chi connectivity index (χ3v) is 17.0. The highest BCUT2D eigenvalue weighted by atomic mass is 16.3. The van der Waals surface area contributed by atoms with Gasteiger partial charge < -0.3 is 8.83 Å². The van der Waals surface area contributed by atoms with Crippen LogP contribution in [0.3, 0.4) is 0 Å². The first-order chi connectivity index (χ1) is 39.7. The molecule has 0 unspecified atom stereocenters. The molecule has 0 aliphatic carbocycles. The van der Waals surface area contributed by atoms with Gasteiger partial charge in [-0.05, 0) is 180 Å². The highest BCUT2D eigenvalue weighted by molar-refractivity contribution is 6.26. The van der Waals surface area contributed by atoms with Crippen molar-refractivity contribution in [1.82, 2.24) is 0 Å². The molecule has 80 heavy (non-hydrogen) atoms. The third kappa shape index (κ3) is 6.79. The molecule has 0 amide bonds. The summed E-state index contributed by atoms with van der Waals surface area (Å²) in [6, 6.07) is 102. The van der Waals surface area contributed by atoms with E-state index in [1.165, 1.54) is 131 Å². The molecule has 0 saturated heterocycles. The van der Waals surface area contributed by atoms with Gasteiger partial charge in [0.1, 0.15) is 22.3 Å². The van der Waals surface area contributed by atoms with Crippen LogP contribution < -0.4 is 0 Å². The number of hydrogen-bond acceptors (Lipinski definition) is 2. The molecule has 0 fully saturated rings. The van der Waals surface area contributed by atoms with Crippen molar-refractivity contribution in [1.29, 1.82) is 0 Å². The molecule has 0 aliphatic heterocycles. The van der Waals surface area contributed by atoms with Crippen LogP contribution in [-0.2, 0) is 0 Å². The zero-order valence-corrected chi connectivity index (χ0v) is 43.4. The molecule has 370 valence electrons. The Labute approximate surface area is 460 Å². The standard InChI is InChI=1S/C78H46O2/c1-5-23-65-61(19-1)75(48-33-31-47(32-34-48)51-37-41-73-69(45-51)57-17-9-11-29-71(57)79-73)62-20-2-6-24-66(62)77(65)59-27-13-15-52-43-49(35-39-55(52)59)50-36-40-56-53(44-50)16-14-28-60(56)78-67-25-7-3-21-63(67)76(64-22-4-8-26-68(64)78)54-38-42-74-70(46-54)58-18-10-12-30-72(58)80-74/h1-46H. The Hall–Kier alpha value is -10.5. The summed E-state index contributed by atoms with van der Waals surface area (Å²) in [5.74, 6) is 0. The lowest BCUT2D eigenvalue weighted by atomic mass is 9.84. The van der Waals surface area contributed by atoms with Crippen LogP contribution in [0.4, 0.5) is 0 Å². The van der Waals surface area contributed by atoms with Gasteiger partial charge in [-0.1, -0.05) is 231 Å². The Kier molecular flexibility index (Phi) is 9.75. The van der Waals surface area contributed by atoms with E-state index in [1.807, 2.05) is 18.2 Å². The summed E-state index contributed by atoms with van der Waals surface area (Å²) < 4.78 is 12.4. The van der Waals surface area contributed by atoms with Crippen LogP contribution in [0.1, 0.15) is 0 Å². The van der Waals surface area contributed by atoms with Crippen LogP contribution in [0.15, 0.2) is 288 Å². The van der Waals surface area contributed by atoms with Gasteiger partial charge in [0, 0.05) is 21.5 Å². The van der Waals surface area contributed by atoms with Gasteiger partial charge in [0.2, 0.25) is 0 Å². The van der Waals surface area contributed by atoms with E-state index in [4.69, 9.17) is 8.83 Å². The summed E-state index contributed by atoms with van der Waals surface area (Å²) in [6.07, 6.45) is 0. The summed E-state index contributed by atoms with van der Waals surface area (Å²) in [5, 5.41) is 19.3. The fourth-order valence-corrected chi connectivity index (χ4v) is 13.4. The number of benzene rings is 15. The summed E-state index contributed by atoms with van der Waals surface area (Å²) in [5.41, 5.74) is 18.2. The molecule has 15 aromatic carbocycles. The van der Waals surface area contributed by atoms with Crippen molar-refractivity contribution in [3.63, 3.8) is 0 Å². The van der Waals surface area contributed by atoms with Gasteiger partial charge in [-0.25, -0.2) is 0 Å². The average Bonchev–Trinajstić information content (AvgIpc) is 4.23. The fourth-order valence-electron chi connectivity index (χ4n) is 13.4. The highest BCUT2D eigenvalue weighted by Gasteiger charge is 2.22. The molecule has 17 rings (SSSR count). The maximum absolute atomic E-state index is 6.27. The van der Waals surface area contributed by atoms with Gasteiger partial charge in [-0.3, -0.25) is 0 Å². The molecule has 0 atom stereocenters. The van der Waals surface area contributed by atoms with Crippen LogP contribution in [0.25, 0.3) is 175 Å². The quantitative estimate of drug-likeness (QED) is 0.155. The van der Waals surface area contributed by atoms with E-state index in [0.29, 0.717) is 0 Å². The lowest BCUT2D eigenvalue weighted by molar-refractivity contribution is 0.668. The summed E-state index contributed by atoms with van der Waals surface area (Å²) in [4.78, 5) is 0. The van der Waals surface area contributed by atoms with Gasteiger partial charge in [-0.15, -0.1) is 0 Å². The average molecular weight is 1020 g/mol. The van der Waals surface area contributed by atoms with Crippen molar-refractivity contribution in [2.75, 3.05) is 0 Å². The van der Waals surface area contributed by atoms with Gasteiger partial charge in [0.15, 0.2) is 0 Å². The fraction of sp³-hybridized carbons (Fsp3) is 0. The number of para-hydroxylation sites is 2. The first-order valence-corrected chi connectivity index (χ1v) is 27.5. The lowest BCUT2D eigenvalue weighted by Gasteiger charge is -2.19. The highest BCUT2D eigenvalue weighted by Crippen LogP contribution is 2.49. The first-order valence-electron chi connectivity index (χ1n) is 27.5. The molecule has 0 spiro atoms. The van der Waals surface area contributed by atoms with Crippen molar-refractivity contribution >= 4 is 109 Å². The Balaban J connectivity index is 0.754. The van der Waals surface area contributed by atoms with Gasteiger partial charge in [-0.2, -0.15) is 0 Å². The monoisotopic (exact) mass is 1010 g/mol. The van der Waals surface area contributed by atoms with E-state index in [1.54, 1.807) is 0 Å². The molecule has 0 saturated carbocycles. The Morgan fingerprint density at radius 1 is 0.163 bits per heavy atom. The van der Waals surface area contributed by atoms with Crippen molar-refractivity contribution in [3.05, 3.63) is 279 Å². The smallest absolute Gasteiger partial charge is 0.135 e. The van der Waals surface area contributed by atoms with Crippen LogP contribution in [0.5, 0.6) is 0 Å². The van der Waals surface area contributed by atoms with E-state index in [2.05, 4.69) is 261 Å². The molecule has 0 aliphatic rings. The van der Waals surface area contributed by atoms with Crippen molar-refractivity contribution in [2.24, 2.45) is 0 Å². The van der Waals surface area contributed by atoms with E-state index in [-0.39, 0.29) is 0 Å². The maximum atomic E-state index is 6.27.